The van der Waals surface area contributed by atoms with E-state index in [0.29, 0.717) is 0 Å². The molecule has 3 aliphatic heterocycles. The van der Waals surface area contributed by atoms with Crippen molar-refractivity contribution < 1.29 is 19.1 Å². The molecule has 0 radical (unpaired) electrons. The molecular weight excluding hydrogens is 430 g/mol. The molecule has 0 saturated carbocycles. The molecule has 3 amide bonds. The number of hydrazine groups is 1. The third-order valence-electron chi connectivity index (χ3n) is 6.11. The Bertz CT molecular complexity index is 1020. The quantitative estimate of drug-likeness (QED) is 0.298. The molecule has 9 nitrogen and oxygen atoms in total. The lowest BCUT2D eigenvalue weighted by Gasteiger charge is -2.38. The van der Waals surface area contributed by atoms with Gasteiger partial charge < -0.3 is 15.4 Å². The van der Waals surface area contributed by atoms with Crippen molar-refractivity contribution in [2.75, 3.05) is 19.6 Å². The lowest BCUT2D eigenvalue weighted by molar-refractivity contribution is -0.156. The summed E-state index contributed by atoms with van der Waals surface area (Å²) >= 11 is 1.19. The van der Waals surface area contributed by atoms with E-state index in [1.807, 2.05) is 60.7 Å². The lowest BCUT2D eigenvalue weighted by atomic mass is 10.0. The van der Waals surface area contributed by atoms with Gasteiger partial charge in [-0.2, -0.15) is 0 Å². The molecule has 3 atom stereocenters. The Morgan fingerprint density at radius 3 is 2.12 bits per heavy atom. The van der Waals surface area contributed by atoms with Gasteiger partial charge in [-0.05, 0) is 11.1 Å². The minimum atomic E-state index is -1.42. The van der Waals surface area contributed by atoms with Crippen LogP contribution in [0.3, 0.4) is 0 Å². The molecule has 0 bridgehead atoms. The lowest BCUT2D eigenvalue weighted by Crippen LogP contribution is -2.65. The van der Waals surface area contributed by atoms with Gasteiger partial charge in [0, 0.05) is 6.54 Å². The number of esters is 1. The van der Waals surface area contributed by atoms with Crippen LogP contribution in [0, 0.1) is 0 Å². The van der Waals surface area contributed by atoms with Crippen molar-refractivity contribution in [3.8, 4) is 0 Å². The van der Waals surface area contributed by atoms with Crippen molar-refractivity contribution in [3.63, 3.8) is 0 Å². The van der Waals surface area contributed by atoms with Crippen molar-refractivity contribution >= 4 is 29.7 Å². The summed E-state index contributed by atoms with van der Waals surface area (Å²) in [5.41, 5.74) is 7.57. The summed E-state index contributed by atoms with van der Waals surface area (Å²) in [6.07, 6.45) is -0.674. The number of carbonyl (C=O) groups excluding carboxylic acids is 3. The van der Waals surface area contributed by atoms with Crippen LogP contribution in [0.5, 0.6) is 0 Å². The Kier molecular flexibility index (Phi) is 5.07. The highest BCUT2D eigenvalue weighted by atomic mass is 32.2. The van der Waals surface area contributed by atoms with Crippen LogP contribution in [0.15, 0.2) is 60.7 Å². The molecule has 2 aromatic carbocycles. The summed E-state index contributed by atoms with van der Waals surface area (Å²) < 4.78 is 6.11. The zero-order valence-electron chi connectivity index (χ0n) is 17.2. The number of hydrogen-bond donors (Lipinski definition) is 2. The number of hydrogen-bond acceptors (Lipinski definition) is 7. The Hall–Kier alpha value is -3.08. The van der Waals surface area contributed by atoms with E-state index < -0.39 is 29.0 Å². The van der Waals surface area contributed by atoms with Crippen LogP contribution in [0.2, 0.25) is 0 Å². The third kappa shape index (κ3) is 3.14. The molecule has 166 valence electrons. The van der Waals surface area contributed by atoms with Gasteiger partial charge in [-0.3, -0.25) is 14.7 Å². The largest absolute Gasteiger partial charge is 0.450 e. The van der Waals surface area contributed by atoms with Gasteiger partial charge in [-0.15, -0.1) is 0 Å². The fraction of sp³-hybridized carbons (Fsp3) is 0.318. The van der Waals surface area contributed by atoms with Gasteiger partial charge in [0.15, 0.2) is 6.10 Å². The maximum atomic E-state index is 13.8. The van der Waals surface area contributed by atoms with E-state index in [9.17, 15) is 14.4 Å². The molecule has 0 spiro atoms. The number of amides is 3. The van der Waals surface area contributed by atoms with Crippen LogP contribution >= 0.6 is 11.8 Å². The molecule has 0 unspecified atom stereocenters. The molecule has 10 heteroatoms. The molecule has 3 aliphatic rings. The molecule has 5 rings (SSSR count). The van der Waals surface area contributed by atoms with E-state index in [1.165, 1.54) is 21.6 Å². The molecular formula is C22H23N5O4S. The van der Waals surface area contributed by atoms with Crippen LogP contribution in [0.4, 0.5) is 4.79 Å². The second-order valence-corrected chi connectivity index (χ2v) is 9.41. The normalized spacial score (nSPS) is 27.0. The van der Waals surface area contributed by atoms with E-state index in [2.05, 4.69) is 0 Å². The number of thioether (sulfide) groups is 1. The summed E-state index contributed by atoms with van der Waals surface area (Å²) in [5, 5.41) is 0.681. The van der Waals surface area contributed by atoms with Gasteiger partial charge in [0.25, 0.3) is 0 Å². The zero-order chi connectivity index (χ0) is 22.5. The van der Waals surface area contributed by atoms with E-state index in [-0.39, 0.29) is 30.9 Å². The number of rotatable bonds is 5. The number of β-lactam (4-membered cyclic amide) rings is 1. The number of nitrogens with zero attached hydrogens (tertiary/aromatic N) is 3. The van der Waals surface area contributed by atoms with Gasteiger partial charge >= 0.3 is 12.0 Å². The highest BCUT2D eigenvalue weighted by molar-refractivity contribution is 8.02. The Morgan fingerprint density at radius 1 is 1.03 bits per heavy atom. The second-order valence-electron chi connectivity index (χ2n) is 8.02. The summed E-state index contributed by atoms with van der Waals surface area (Å²) in [6.45, 7) is 0.548. The zero-order valence-corrected chi connectivity index (χ0v) is 18.0. The van der Waals surface area contributed by atoms with Gasteiger partial charge in [-0.1, -0.05) is 72.4 Å². The van der Waals surface area contributed by atoms with Crippen molar-refractivity contribution in [1.82, 2.24) is 14.8 Å². The first kappa shape index (κ1) is 20.8. The molecule has 32 heavy (non-hydrogen) atoms. The molecule has 0 aliphatic carbocycles. The maximum absolute atomic E-state index is 13.8. The standard InChI is InChI=1S/C22H23N5O4S/c23-16-18(28)25-13-22(32-19(16)25,26-11-12-27(24)21(26)30)20(29)31-17(14-7-3-1-4-8-14)15-9-5-2-6-10-15/h1-10,16-17,19H,11-13,23-24H2/t16-,19-,22-/m1/s1. The van der Waals surface area contributed by atoms with Gasteiger partial charge in [0.2, 0.25) is 10.8 Å². The number of urea groups is 1. The van der Waals surface area contributed by atoms with Gasteiger partial charge in [-0.25, -0.2) is 15.4 Å². The average Bonchev–Trinajstić information content (AvgIpc) is 3.37. The molecule has 2 aromatic rings. The first-order chi connectivity index (χ1) is 15.4. The van der Waals surface area contributed by atoms with E-state index in [0.717, 1.165) is 16.1 Å². The SMILES string of the molecule is N[C@@H]1C(=O)N2C[C@@](C(=O)OC(c3ccccc3)c3ccccc3)(N3CCN(N)C3=O)S[C@H]12. The van der Waals surface area contributed by atoms with Gasteiger partial charge in [0.05, 0.1) is 13.1 Å². The number of carbonyl (C=O) groups is 3. The number of ether oxygens (including phenoxy) is 1. The Labute approximate surface area is 189 Å². The highest BCUT2D eigenvalue weighted by Gasteiger charge is 2.65. The Morgan fingerprint density at radius 2 is 1.62 bits per heavy atom. The monoisotopic (exact) mass is 453 g/mol. The summed E-state index contributed by atoms with van der Waals surface area (Å²) in [4.78, 5) is 40.4. The predicted molar refractivity (Wildman–Crippen MR) is 118 cm³/mol. The molecule has 3 heterocycles. The predicted octanol–water partition coefficient (Wildman–Crippen LogP) is 0.869. The Balaban J connectivity index is 1.51. The highest BCUT2D eigenvalue weighted by Crippen LogP contribution is 2.50. The minimum absolute atomic E-state index is 0.0174. The summed E-state index contributed by atoms with van der Waals surface area (Å²) in [6, 6.07) is 17.6. The molecule has 4 N–H and O–H groups in total. The number of fused-ring (bicyclic) bond motifs is 1. The number of benzene rings is 2. The van der Waals surface area contributed by atoms with Crippen molar-refractivity contribution in [1.29, 1.82) is 0 Å². The van der Waals surface area contributed by atoms with Crippen LogP contribution in [-0.4, -0.2) is 68.6 Å². The topological polar surface area (TPSA) is 122 Å². The second kappa shape index (κ2) is 7.80. The van der Waals surface area contributed by atoms with Crippen molar-refractivity contribution in [3.05, 3.63) is 71.8 Å². The molecule has 3 fully saturated rings. The van der Waals surface area contributed by atoms with E-state index >= 15 is 0 Å². The van der Waals surface area contributed by atoms with Crippen LogP contribution in [-0.2, 0) is 14.3 Å². The third-order valence-corrected chi connectivity index (χ3v) is 7.80. The van der Waals surface area contributed by atoms with Crippen LogP contribution in [0.25, 0.3) is 0 Å². The first-order valence-electron chi connectivity index (χ1n) is 10.3. The van der Waals surface area contributed by atoms with E-state index in [1.54, 1.807) is 0 Å². The minimum Gasteiger partial charge on any atom is -0.450 e. The number of nitrogens with two attached hydrogens (primary N) is 2. The molecule has 3 saturated heterocycles. The fourth-order valence-corrected chi connectivity index (χ4v) is 5.99. The van der Waals surface area contributed by atoms with Gasteiger partial charge in [0.1, 0.15) is 11.4 Å². The summed E-state index contributed by atoms with van der Waals surface area (Å²) in [7, 11) is 0. The molecule has 0 aromatic heterocycles. The van der Waals surface area contributed by atoms with Crippen molar-refractivity contribution in [2.24, 2.45) is 11.6 Å². The van der Waals surface area contributed by atoms with E-state index in [4.69, 9.17) is 16.3 Å². The average molecular weight is 454 g/mol. The van der Waals surface area contributed by atoms with Crippen molar-refractivity contribution in [2.45, 2.75) is 22.4 Å². The smallest absolute Gasteiger partial charge is 0.345 e. The summed E-state index contributed by atoms with van der Waals surface area (Å²) in [5.74, 6) is 4.96. The maximum Gasteiger partial charge on any atom is 0.345 e. The van der Waals surface area contributed by atoms with Crippen LogP contribution < -0.4 is 11.6 Å². The fourth-order valence-electron chi connectivity index (χ4n) is 4.37. The first-order valence-corrected chi connectivity index (χ1v) is 11.2. The van der Waals surface area contributed by atoms with Crippen LogP contribution in [0.1, 0.15) is 17.2 Å².